The van der Waals surface area contributed by atoms with Crippen LogP contribution in [0.2, 0.25) is 0 Å². The molecule has 0 spiro atoms. The van der Waals surface area contributed by atoms with E-state index in [1.165, 1.54) is 21.4 Å². The largest absolute Gasteiger partial charge is 0.331 e. The van der Waals surface area contributed by atoms with E-state index in [1.807, 2.05) is 0 Å². The summed E-state index contributed by atoms with van der Waals surface area (Å²) in [4.78, 5) is 4.71. The zero-order valence-corrected chi connectivity index (χ0v) is 14.0. The molecule has 0 aliphatic heterocycles. The Hall–Kier alpha value is -1.39. The number of fused-ring (bicyclic) bond motifs is 1. The van der Waals surface area contributed by atoms with Crippen molar-refractivity contribution < 1.29 is 0 Å². The molecule has 0 unspecified atom stereocenters. The first kappa shape index (κ1) is 13.6. The lowest BCUT2D eigenvalue weighted by Crippen LogP contribution is -1.95. The van der Waals surface area contributed by atoms with Crippen molar-refractivity contribution in [3.05, 3.63) is 51.5 Å². The quantitative estimate of drug-likeness (QED) is 0.641. The van der Waals surface area contributed by atoms with Crippen LogP contribution in [0.5, 0.6) is 0 Å². The molecule has 0 bridgehead atoms. The molecule has 20 heavy (non-hydrogen) atoms. The lowest BCUT2D eigenvalue weighted by atomic mass is 10.1. The molecule has 3 aromatic rings. The smallest absolute Gasteiger partial charge is 0.188 e. The summed E-state index contributed by atoms with van der Waals surface area (Å²) in [5.74, 6) is 0. The second-order valence-corrected chi connectivity index (χ2v) is 6.93. The molecule has 1 heterocycles. The Morgan fingerprint density at radius 2 is 1.75 bits per heavy atom. The molecule has 102 valence electrons. The van der Waals surface area contributed by atoms with E-state index in [9.17, 15) is 0 Å². The van der Waals surface area contributed by atoms with E-state index in [1.54, 1.807) is 11.3 Å². The number of hydrogen-bond acceptors (Lipinski definition) is 3. The van der Waals surface area contributed by atoms with E-state index in [4.69, 9.17) is 4.98 Å². The molecule has 0 aliphatic rings. The molecular weight excluding hydrogens is 332 g/mol. The summed E-state index contributed by atoms with van der Waals surface area (Å²) in [6, 6.07) is 10.5. The van der Waals surface area contributed by atoms with Gasteiger partial charge >= 0.3 is 0 Å². The van der Waals surface area contributed by atoms with E-state index in [2.05, 4.69) is 72.3 Å². The molecule has 0 radical (unpaired) electrons. The first-order valence-corrected chi connectivity index (χ1v) is 8.05. The lowest BCUT2D eigenvalue weighted by Gasteiger charge is -2.11. The van der Waals surface area contributed by atoms with Crippen molar-refractivity contribution in [1.29, 1.82) is 0 Å². The van der Waals surface area contributed by atoms with Crippen LogP contribution in [-0.2, 0) is 0 Å². The summed E-state index contributed by atoms with van der Waals surface area (Å²) in [7, 11) is 0. The lowest BCUT2D eigenvalue weighted by molar-refractivity contribution is 1.33. The van der Waals surface area contributed by atoms with Gasteiger partial charge in [-0.05, 0) is 55.7 Å². The number of benzene rings is 2. The standard InChI is InChI=1S/C16H15BrN2S/c1-9-5-4-6-13-15(9)19-16(20-13)18-14-10(2)7-12(17)8-11(14)3/h4-8H,1-3H3,(H,18,19). The average molecular weight is 347 g/mol. The number of nitrogens with zero attached hydrogens (tertiary/aromatic N) is 1. The van der Waals surface area contributed by atoms with Gasteiger partial charge in [0.1, 0.15) is 0 Å². The average Bonchev–Trinajstić information content (AvgIpc) is 2.78. The fraction of sp³-hybridized carbons (Fsp3) is 0.188. The number of rotatable bonds is 2. The molecule has 0 saturated carbocycles. The fourth-order valence-corrected chi connectivity index (χ4v) is 3.99. The molecule has 0 fully saturated rings. The molecule has 0 amide bonds. The number of nitrogens with one attached hydrogen (secondary N) is 1. The Balaban J connectivity index is 2.04. The molecular formula is C16H15BrN2S. The Bertz CT molecular complexity index is 769. The highest BCUT2D eigenvalue weighted by molar-refractivity contribution is 9.10. The van der Waals surface area contributed by atoms with E-state index in [-0.39, 0.29) is 0 Å². The van der Waals surface area contributed by atoms with Gasteiger partial charge in [-0.15, -0.1) is 0 Å². The van der Waals surface area contributed by atoms with Crippen molar-refractivity contribution in [2.24, 2.45) is 0 Å². The normalized spacial score (nSPS) is 11.0. The van der Waals surface area contributed by atoms with Gasteiger partial charge in [0, 0.05) is 10.2 Å². The highest BCUT2D eigenvalue weighted by Gasteiger charge is 2.09. The van der Waals surface area contributed by atoms with Crippen LogP contribution in [0.15, 0.2) is 34.8 Å². The topological polar surface area (TPSA) is 24.9 Å². The summed E-state index contributed by atoms with van der Waals surface area (Å²) in [6.45, 7) is 6.32. The summed E-state index contributed by atoms with van der Waals surface area (Å²) in [6.07, 6.45) is 0. The van der Waals surface area contributed by atoms with Crippen molar-refractivity contribution >= 4 is 48.3 Å². The third kappa shape index (κ3) is 2.45. The molecule has 2 aromatic carbocycles. The van der Waals surface area contributed by atoms with Gasteiger partial charge in [-0.2, -0.15) is 0 Å². The maximum atomic E-state index is 4.71. The maximum absolute atomic E-state index is 4.71. The molecule has 4 heteroatoms. The Morgan fingerprint density at radius 1 is 1.05 bits per heavy atom. The second-order valence-electron chi connectivity index (χ2n) is 4.98. The van der Waals surface area contributed by atoms with Gasteiger partial charge in [-0.1, -0.05) is 39.4 Å². The summed E-state index contributed by atoms with van der Waals surface area (Å²) in [5, 5.41) is 4.42. The number of anilines is 2. The van der Waals surface area contributed by atoms with Crippen LogP contribution in [0.25, 0.3) is 10.2 Å². The van der Waals surface area contributed by atoms with Crippen LogP contribution in [0.4, 0.5) is 10.8 Å². The number of thiazole rings is 1. The summed E-state index contributed by atoms with van der Waals surface area (Å²) < 4.78 is 2.33. The van der Waals surface area contributed by atoms with Gasteiger partial charge in [-0.3, -0.25) is 0 Å². The Kier molecular flexibility index (Phi) is 3.52. The first-order chi connectivity index (χ1) is 9.54. The van der Waals surface area contributed by atoms with Crippen LogP contribution in [0.3, 0.4) is 0 Å². The van der Waals surface area contributed by atoms with E-state index in [0.29, 0.717) is 0 Å². The predicted octanol–water partition coefficient (Wildman–Crippen LogP) is 5.73. The van der Waals surface area contributed by atoms with E-state index >= 15 is 0 Å². The summed E-state index contributed by atoms with van der Waals surface area (Å²) >= 11 is 5.22. The van der Waals surface area contributed by atoms with Crippen LogP contribution < -0.4 is 5.32 Å². The number of aromatic nitrogens is 1. The van der Waals surface area contributed by atoms with Gasteiger partial charge in [0.25, 0.3) is 0 Å². The fourth-order valence-electron chi connectivity index (χ4n) is 2.35. The van der Waals surface area contributed by atoms with Gasteiger partial charge in [0.2, 0.25) is 0 Å². The SMILES string of the molecule is Cc1cc(Br)cc(C)c1Nc1nc2c(C)cccc2s1. The molecule has 2 nitrogen and oxygen atoms in total. The molecule has 3 rings (SSSR count). The maximum Gasteiger partial charge on any atom is 0.188 e. The third-order valence-corrected chi connectivity index (χ3v) is 4.74. The van der Waals surface area contributed by atoms with Gasteiger partial charge in [0.15, 0.2) is 5.13 Å². The van der Waals surface area contributed by atoms with Crippen molar-refractivity contribution in [3.63, 3.8) is 0 Å². The van der Waals surface area contributed by atoms with E-state index < -0.39 is 0 Å². The molecule has 0 atom stereocenters. The highest BCUT2D eigenvalue weighted by atomic mass is 79.9. The molecule has 1 aromatic heterocycles. The minimum absolute atomic E-state index is 0.947. The zero-order valence-electron chi connectivity index (χ0n) is 11.6. The van der Waals surface area contributed by atoms with Gasteiger partial charge in [-0.25, -0.2) is 4.98 Å². The molecule has 0 aliphatic carbocycles. The number of hydrogen-bond donors (Lipinski definition) is 1. The van der Waals surface area contributed by atoms with Crippen molar-refractivity contribution in [2.75, 3.05) is 5.32 Å². The minimum atomic E-state index is 0.947. The number of halogens is 1. The first-order valence-electron chi connectivity index (χ1n) is 6.44. The zero-order chi connectivity index (χ0) is 14.3. The van der Waals surface area contributed by atoms with Crippen molar-refractivity contribution in [3.8, 4) is 0 Å². The Labute approximate surface area is 131 Å². The van der Waals surface area contributed by atoms with E-state index in [0.717, 1.165) is 20.8 Å². The third-order valence-electron chi connectivity index (χ3n) is 3.35. The number of para-hydroxylation sites is 1. The predicted molar refractivity (Wildman–Crippen MR) is 91.3 cm³/mol. The Morgan fingerprint density at radius 3 is 2.40 bits per heavy atom. The van der Waals surface area contributed by atoms with Crippen LogP contribution in [-0.4, -0.2) is 4.98 Å². The van der Waals surface area contributed by atoms with Gasteiger partial charge < -0.3 is 5.32 Å². The monoisotopic (exact) mass is 346 g/mol. The molecule has 1 N–H and O–H groups in total. The van der Waals surface area contributed by atoms with Crippen LogP contribution >= 0.6 is 27.3 Å². The molecule has 0 saturated heterocycles. The summed E-state index contributed by atoms with van der Waals surface area (Å²) in [5.41, 5.74) is 5.88. The highest BCUT2D eigenvalue weighted by Crippen LogP contribution is 2.33. The van der Waals surface area contributed by atoms with Crippen molar-refractivity contribution in [1.82, 2.24) is 4.98 Å². The van der Waals surface area contributed by atoms with Crippen LogP contribution in [0.1, 0.15) is 16.7 Å². The van der Waals surface area contributed by atoms with Crippen LogP contribution in [0, 0.1) is 20.8 Å². The number of aryl methyl sites for hydroxylation is 3. The van der Waals surface area contributed by atoms with Crippen molar-refractivity contribution in [2.45, 2.75) is 20.8 Å². The van der Waals surface area contributed by atoms with Gasteiger partial charge in [0.05, 0.1) is 10.2 Å². The minimum Gasteiger partial charge on any atom is -0.331 e. The second kappa shape index (κ2) is 5.19.